The highest BCUT2D eigenvalue weighted by Gasteiger charge is 2.07. The maximum atomic E-state index is 11.9. The van der Waals surface area contributed by atoms with Gasteiger partial charge in [0, 0.05) is 23.5 Å². The molecule has 22 heavy (non-hydrogen) atoms. The lowest BCUT2D eigenvalue weighted by atomic mass is 10.1. The summed E-state index contributed by atoms with van der Waals surface area (Å²) < 4.78 is 22.5. The number of hydrogen-bond donors (Lipinski definition) is 2. The van der Waals surface area contributed by atoms with E-state index < -0.39 is 10.0 Å². The van der Waals surface area contributed by atoms with E-state index >= 15 is 0 Å². The van der Waals surface area contributed by atoms with Crippen molar-refractivity contribution in [3.05, 3.63) is 71.9 Å². The third-order valence-corrected chi connectivity index (χ3v) is 3.89. The molecule has 0 fully saturated rings. The number of nitrogens with one attached hydrogen (secondary N) is 1. The highest BCUT2D eigenvalue weighted by Crippen LogP contribution is 2.14. The summed E-state index contributed by atoms with van der Waals surface area (Å²) in [7, 11) is -3.74. The number of benzene rings is 2. The number of rotatable bonds is 5. The molecule has 5 nitrogen and oxygen atoms in total. The number of carbonyl (C=O) groups is 1. The summed E-state index contributed by atoms with van der Waals surface area (Å²) in [6, 6.07) is 13.3. The molecule has 0 unspecified atom stereocenters. The number of aryl methyl sites for hydroxylation is 1. The largest absolute Gasteiger partial charge is 0.362 e. The summed E-state index contributed by atoms with van der Waals surface area (Å²) >= 11 is 0. The molecule has 6 heteroatoms. The van der Waals surface area contributed by atoms with Gasteiger partial charge in [0.25, 0.3) is 0 Å². The highest BCUT2D eigenvalue weighted by atomic mass is 32.2. The molecule has 2 rings (SSSR count). The monoisotopic (exact) mass is 316 g/mol. The minimum atomic E-state index is -3.74. The maximum Gasteiger partial charge on any atom is 0.238 e. The van der Waals surface area contributed by atoms with Crippen molar-refractivity contribution in [2.75, 3.05) is 5.32 Å². The second kappa shape index (κ2) is 6.55. The van der Waals surface area contributed by atoms with Crippen LogP contribution in [0.1, 0.15) is 15.9 Å². The lowest BCUT2D eigenvalue weighted by molar-refractivity contribution is 0.104. The highest BCUT2D eigenvalue weighted by molar-refractivity contribution is 7.89. The standard InChI is InChI=1S/C16H16N2O3S/c1-12-5-7-13(8-6-12)16(19)9-10-18-14-3-2-4-15(11-14)22(17,20)21/h2-11,18H,1H3,(H2,17,20,21)/b10-9+. The lowest BCUT2D eigenvalue weighted by Crippen LogP contribution is -2.12. The summed E-state index contributed by atoms with van der Waals surface area (Å²) in [6.45, 7) is 1.95. The molecule has 0 saturated heterocycles. The van der Waals surface area contributed by atoms with Crippen LogP contribution in [0.2, 0.25) is 0 Å². The fourth-order valence-electron chi connectivity index (χ4n) is 1.79. The average molecular weight is 316 g/mol. The Hall–Kier alpha value is -2.44. The smallest absolute Gasteiger partial charge is 0.238 e. The molecular weight excluding hydrogens is 300 g/mol. The zero-order valence-corrected chi connectivity index (χ0v) is 12.8. The van der Waals surface area contributed by atoms with Crippen molar-refractivity contribution in [1.82, 2.24) is 0 Å². The van der Waals surface area contributed by atoms with Gasteiger partial charge < -0.3 is 5.32 Å². The van der Waals surface area contributed by atoms with E-state index in [-0.39, 0.29) is 10.7 Å². The maximum absolute atomic E-state index is 11.9. The zero-order chi connectivity index (χ0) is 16.2. The molecule has 2 aromatic carbocycles. The molecule has 0 bridgehead atoms. The van der Waals surface area contributed by atoms with Crippen LogP contribution in [0.15, 0.2) is 65.7 Å². The molecule has 0 atom stereocenters. The first-order valence-corrected chi connectivity index (χ1v) is 8.08. The Morgan fingerprint density at radius 3 is 2.45 bits per heavy atom. The first-order valence-electron chi connectivity index (χ1n) is 6.53. The van der Waals surface area contributed by atoms with Gasteiger partial charge in [0.05, 0.1) is 4.90 Å². The fourth-order valence-corrected chi connectivity index (χ4v) is 2.35. The molecule has 0 saturated carbocycles. The summed E-state index contributed by atoms with van der Waals surface area (Å²) in [6.07, 6.45) is 2.85. The molecule has 0 amide bonds. The molecule has 0 spiro atoms. The van der Waals surface area contributed by atoms with Crippen molar-refractivity contribution >= 4 is 21.5 Å². The van der Waals surface area contributed by atoms with Gasteiger partial charge in [-0.05, 0) is 25.1 Å². The van der Waals surface area contributed by atoms with Crippen molar-refractivity contribution in [2.45, 2.75) is 11.8 Å². The van der Waals surface area contributed by atoms with Gasteiger partial charge in [-0.2, -0.15) is 0 Å². The quantitative estimate of drug-likeness (QED) is 0.655. The van der Waals surface area contributed by atoms with E-state index in [1.807, 2.05) is 19.1 Å². The third kappa shape index (κ3) is 4.28. The van der Waals surface area contributed by atoms with Crippen LogP contribution in [0.3, 0.4) is 0 Å². The van der Waals surface area contributed by atoms with Gasteiger partial charge in [0.1, 0.15) is 0 Å². The molecule has 0 radical (unpaired) electrons. The Bertz CT molecular complexity index is 810. The van der Waals surface area contributed by atoms with Crippen LogP contribution in [0.4, 0.5) is 5.69 Å². The zero-order valence-electron chi connectivity index (χ0n) is 12.0. The molecule has 0 aliphatic heterocycles. The topological polar surface area (TPSA) is 89.3 Å². The van der Waals surface area contributed by atoms with Crippen LogP contribution < -0.4 is 10.5 Å². The number of carbonyl (C=O) groups excluding carboxylic acids is 1. The van der Waals surface area contributed by atoms with Gasteiger partial charge in [-0.25, -0.2) is 13.6 Å². The van der Waals surface area contributed by atoms with Gasteiger partial charge in [0.15, 0.2) is 5.78 Å². The summed E-state index contributed by atoms with van der Waals surface area (Å²) in [5.41, 5.74) is 2.19. The Morgan fingerprint density at radius 1 is 1.14 bits per heavy atom. The molecule has 0 heterocycles. The predicted octanol–water partition coefficient (Wildman–Crippen LogP) is 2.45. The van der Waals surface area contributed by atoms with E-state index in [2.05, 4.69) is 5.32 Å². The molecular formula is C16H16N2O3S. The minimum Gasteiger partial charge on any atom is -0.362 e. The van der Waals surface area contributed by atoms with Gasteiger partial charge in [-0.3, -0.25) is 4.79 Å². The number of anilines is 1. The number of sulfonamides is 1. The molecule has 114 valence electrons. The molecule has 0 aliphatic carbocycles. The number of hydrogen-bond acceptors (Lipinski definition) is 4. The predicted molar refractivity (Wildman–Crippen MR) is 86.1 cm³/mol. The Kier molecular flexibility index (Phi) is 4.75. The van der Waals surface area contributed by atoms with Crippen molar-refractivity contribution in [1.29, 1.82) is 0 Å². The van der Waals surface area contributed by atoms with Crippen LogP contribution in [0.25, 0.3) is 0 Å². The van der Waals surface area contributed by atoms with E-state index in [9.17, 15) is 13.2 Å². The number of ketones is 1. The second-order valence-electron chi connectivity index (χ2n) is 4.78. The van der Waals surface area contributed by atoms with E-state index in [1.54, 1.807) is 24.3 Å². The number of nitrogens with two attached hydrogens (primary N) is 1. The van der Waals surface area contributed by atoms with Crippen LogP contribution in [0.5, 0.6) is 0 Å². The van der Waals surface area contributed by atoms with Gasteiger partial charge in [-0.1, -0.05) is 35.9 Å². The Balaban J connectivity index is 2.06. The van der Waals surface area contributed by atoms with Gasteiger partial charge in [0.2, 0.25) is 10.0 Å². The van der Waals surface area contributed by atoms with Crippen LogP contribution >= 0.6 is 0 Å². The van der Waals surface area contributed by atoms with Crippen molar-refractivity contribution in [3.8, 4) is 0 Å². The Labute approximate surface area is 129 Å². The summed E-state index contributed by atoms with van der Waals surface area (Å²) in [4.78, 5) is 11.9. The van der Waals surface area contributed by atoms with E-state index in [4.69, 9.17) is 5.14 Å². The number of primary sulfonamides is 1. The van der Waals surface area contributed by atoms with E-state index in [0.717, 1.165) is 5.56 Å². The second-order valence-corrected chi connectivity index (χ2v) is 6.34. The Morgan fingerprint density at radius 2 is 1.82 bits per heavy atom. The van der Waals surface area contributed by atoms with Gasteiger partial charge in [-0.15, -0.1) is 0 Å². The van der Waals surface area contributed by atoms with Crippen LogP contribution in [-0.4, -0.2) is 14.2 Å². The molecule has 0 aliphatic rings. The average Bonchev–Trinajstić information content (AvgIpc) is 2.47. The van der Waals surface area contributed by atoms with Crippen molar-refractivity contribution < 1.29 is 13.2 Å². The molecule has 0 aromatic heterocycles. The van der Waals surface area contributed by atoms with Crippen LogP contribution in [-0.2, 0) is 10.0 Å². The van der Waals surface area contributed by atoms with Crippen molar-refractivity contribution in [2.24, 2.45) is 5.14 Å². The van der Waals surface area contributed by atoms with E-state index in [0.29, 0.717) is 11.3 Å². The van der Waals surface area contributed by atoms with Gasteiger partial charge >= 0.3 is 0 Å². The summed E-state index contributed by atoms with van der Waals surface area (Å²) in [5.74, 6) is -0.143. The fraction of sp³-hybridized carbons (Fsp3) is 0.0625. The van der Waals surface area contributed by atoms with E-state index in [1.165, 1.54) is 24.4 Å². The molecule has 3 N–H and O–H groups in total. The SMILES string of the molecule is Cc1ccc(C(=O)/C=C/Nc2cccc(S(N)(=O)=O)c2)cc1. The first-order chi connectivity index (χ1) is 10.4. The first kappa shape index (κ1) is 15.9. The van der Waals surface area contributed by atoms with Crippen molar-refractivity contribution in [3.63, 3.8) is 0 Å². The molecule has 2 aromatic rings. The third-order valence-electron chi connectivity index (χ3n) is 2.98. The normalized spacial score (nSPS) is 11.5. The van der Waals surface area contributed by atoms with Crippen LogP contribution in [0, 0.1) is 6.92 Å². The summed E-state index contributed by atoms with van der Waals surface area (Å²) in [5, 5.41) is 7.91. The lowest BCUT2D eigenvalue weighted by Gasteiger charge is -2.03. The number of allylic oxidation sites excluding steroid dienone is 1. The minimum absolute atomic E-state index is 0.00996.